The van der Waals surface area contributed by atoms with Gasteiger partial charge in [0.15, 0.2) is 0 Å². The van der Waals surface area contributed by atoms with Crippen LogP contribution in [0.2, 0.25) is 0 Å². The lowest BCUT2D eigenvalue weighted by molar-refractivity contribution is 0.390. The number of ether oxygens (including phenoxy) is 1. The van der Waals surface area contributed by atoms with Crippen LogP contribution in [0.4, 0.5) is 4.39 Å². The molecule has 1 N–H and O–H groups in total. The third-order valence-corrected chi connectivity index (χ3v) is 2.45. The minimum Gasteiger partial charge on any atom is -0.481 e. The lowest BCUT2D eigenvalue weighted by Crippen LogP contribution is -2.14. The van der Waals surface area contributed by atoms with Crippen LogP contribution in [0.5, 0.6) is 5.88 Å². The highest BCUT2D eigenvalue weighted by molar-refractivity contribution is 5.25. The van der Waals surface area contributed by atoms with E-state index in [0.717, 1.165) is 11.1 Å². The lowest BCUT2D eigenvalue weighted by atomic mass is 10.2. The highest BCUT2D eigenvalue weighted by Crippen LogP contribution is 2.13. The van der Waals surface area contributed by atoms with Crippen molar-refractivity contribution in [1.29, 1.82) is 0 Å². The van der Waals surface area contributed by atoms with E-state index in [1.807, 2.05) is 12.1 Å². The van der Waals surface area contributed by atoms with Crippen molar-refractivity contribution in [2.24, 2.45) is 0 Å². The number of nitrogens with one attached hydrogen (secondary N) is 1. The fourth-order valence-electron chi connectivity index (χ4n) is 1.64. The van der Waals surface area contributed by atoms with E-state index in [4.69, 9.17) is 4.74 Å². The fraction of sp³-hybridized carbons (Fsp3) is 0.231. The second kappa shape index (κ2) is 6.07. The Hall–Kier alpha value is -2.01. The van der Waals surface area contributed by atoms with Crippen molar-refractivity contribution in [3.8, 4) is 5.88 Å². The fourth-order valence-corrected chi connectivity index (χ4v) is 1.64. The van der Waals surface area contributed by atoms with E-state index < -0.39 is 0 Å². The standard InChI is InChI=1S/C13H14FN3O/c1-18-13-11(3-2-4-17-13)8-15-6-10-5-12(14)9-16-7-10/h2-5,7,9,15H,6,8H2,1H3. The quantitative estimate of drug-likeness (QED) is 0.876. The molecule has 0 spiro atoms. The van der Waals surface area contributed by atoms with Crippen molar-refractivity contribution in [3.05, 3.63) is 53.7 Å². The second-order valence-electron chi connectivity index (χ2n) is 3.79. The van der Waals surface area contributed by atoms with Gasteiger partial charge in [-0.2, -0.15) is 0 Å². The molecule has 94 valence electrons. The topological polar surface area (TPSA) is 47.0 Å². The lowest BCUT2D eigenvalue weighted by Gasteiger charge is -2.08. The molecule has 5 heteroatoms. The number of methoxy groups -OCH3 is 1. The molecule has 2 aromatic heterocycles. The smallest absolute Gasteiger partial charge is 0.217 e. The van der Waals surface area contributed by atoms with Crippen LogP contribution in [-0.2, 0) is 13.1 Å². The van der Waals surface area contributed by atoms with Crippen molar-refractivity contribution in [3.63, 3.8) is 0 Å². The van der Waals surface area contributed by atoms with Crippen LogP contribution in [0, 0.1) is 5.82 Å². The maximum absolute atomic E-state index is 12.9. The molecule has 0 amide bonds. The molecule has 2 aromatic rings. The van der Waals surface area contributed by atoms with Crippen molar-refractivity contribution in [2.45, 2.75) is 13.1 Å². The Bertz CT molecular complexity index is 519. The van der Waals surface area contributed by atoms with E-state index in [2.05, 4.69) is 15.3 Å². The Morgan fingerprint density at radius 1 is 1.33 bits per heavy atom. The first kappa shape index (κ1) is 12.4. The normalized spacial score (nSPS) is 10.3. The first-order valence-corrected chi connectivity index (χ1v) is 5.57. The van der Waals surface area contributed by atoms with Crippen LogP contribution in [0.25, 0.3) is 0 Å². The molecule has 0 radical (unpaired) electrons. The van der Waals surface area contributed by atoms with E-state index in [-0.39, 0.29) is 5.82 Å². The highest BCUT2D eigenvalue weighted by Gasteiger charge is 2.02. The van der Waals surface area contributed by atoms with Crippen molar-refractivity contribution < 1.29 is 9.13 Å². The van der Waals surface area contributed by atoms with Gasteiger partial charge in [0, 0.05) is 31.0 Å². The number of aromatic nitrogens is 2. The first-order valence-electron chi connectivity index (χ1n) is 5.57. The van der Waals surface area contributed by atoms with Gasteiger partial charge in [0.2, 0.25) is 5.88 Å². The Balaban J connectivity index is 1.92. The number of pyridine rings is 2. The molecule has 0 aliphatic carbocycles. The Morgan fingerprint density at radius 2 is 2.22 bits per heavy atom. The van der Waals surface area contributed by atoms with Crippen LogP contribution in [0.3, 0.4) is 0 Å². The van der Waals surface area contributed by atoms with E-state index in [1.54, 1.807) is 19.5 Å². The summed E-state index contributed by atoms with van der Waals surface area (Å²) in [7, 11) is 1.59. The summed E-state index contributed by atoms with van der Waals surface area (Å²) in [6.07, 6.45) is 4.50. The van der Waals surface area contributed by atoms with Gasteiger partial charge in [-0.15, -0.1) is 0 Å². The van der Waals surface area contributed by atoms with Crippen molar-refractivity contribution in [1.82, 2.24) is 15.3 Å². The molecule has 2 heterocycles. The molecule has 0 saturated heterocycles. The third kappa shape index (κ3) is 3.24. The highest BCUT2D eigenvalue weighted by atomic mass is 19.1. The number of hydrogen-bond donors (Lipinski definition) is 1. The second-order valence-corrected chi connectivity index (χ2v) is 3.79. The van der Waals surface area contributed by atoms with Crippen LogP contribution in [0.15, 0.2) is 36.8 Å². The Morgan fingerprint density at radius 3 is 3.00 bits per heavy atom. The molecule has 0 saturated carbocycles. The molecule has 2 rings (SSSR count). The molecule has 18 heavy (non-hydrogen) atoms. The summed E-state index contributed by atoms with van der Waals surface area (Å²) in [5, 5.41) is 3.19. The van der Waals surface area contributed by atoms with Gasteiger partial charge >= 0.3 is 0 Å². The summed E-state index contributed by atoms with van der Waals surface area (Å²) in [4.78, 5) is 7.89. The molecule has 4 nitrogen and oxygen atoms in total. The predicted molar refractivity (Wildman–Crippen MR) is 65.5 cm³/mol. The average Bonchev–Trinajstić information content (AvgIpc) is 2.39. The third-order valence-electron chi connectivity index (χ3n) is 2.45. The zero-order valence-corrected chi connectivity index (χ0v) is 10.1. The average molecular weight is 247 g/mol. The van der Waals surface area contributed by atoms with Crippen LogP contribution >= 0.6 is 0 Å². The summed E-state index contributed by atoms with van der Waals surface area (Å²) in [6, 6.07) is 5.24. The van der Waals surface area contributed by atoms with Crippen molar-refractivity contribution >= 4 is 0 Å². The van der Waals surface area contributed by atoms with Crippen molar-refractivity contribution in [2.75, 3.05) is 7.11 Å². The van der Waals surface area contributed by atoms with Gasteiger partial charge in [-0.05, 0) is 17.7 Å². The molecule has 0 aliphatic heterocycles. The molecule has 0 aliphatic rings. The van der Waals surface area contributed by atoms with Gasteiger partial charge in [-0.3, -0.25) is 4.98 Å². The van der Waals surface area contributed by atoms with Gasteiger partial charge < -0.3 is 10.1 Å². The van der Waals surface area contributed by atoms with Gasteiger partial charge in [0.25, 0.3) is 0 Å². The summed E-state index contributed by atoms with van der Waals surface area (Å²) in [6.45, 7) is 1.15. The van der Waals surface area contributed by atoms with Gasteiger partial charge in [-0.25, -0.2) is 9.37 Å². The number of nitrogens with zero attached hydrogens (tertiary/aromatic N) is 2. The maximum Gasteiger partial charge on any atom is 0.217 e. The zero-order valence-electron chi connectivity index (χ0n) is 10.1. The Kier molecular flexibility index (Phi) is 4.20. The first-order chi connectivity index (χ1) is 8.79. The van der Waals surface area contributed by atoms with Crippen LogP contribution in [0.1, 0.15) is 11.1 Å². The number of halogens is 1. The molecule has 0 atom stereocenters. The molecular weight excluding hydrogens is 233 g/mol. The Labute approximate surface area is 105 Å². The SMILES string of the molecule is COc1ncccc1CNCc1cncc(F)c1. The van der Waals surface area contributed by atoms with E-state index in [1.165, 1.54) is 12.3 Å². The maximum atomic E-state index is 12.9. The summed E-state index contributed by atoms with van der Waals surface area (Å²) in [5.41, 5.74) is 1.77. The molecule has 0 unspecified atom stereocenters. The molecule has 0 bridgehead atoms. The molecule has 0 aromatic carbocycles. The minimum atomic E-state index is -0.326. The number of hydrogen-bond acceptors (Lipinski definition) is 4. The van der Waals surface area contributed by atoms with E-state index >= 15 is 0 Å². The minimum absolute atomic E-state index is 0.326. The van der Waals surface area contributed by atoms with Gasteiger partial charge in [-0.1, -0.05) is 6.07 Å². The van der Waals surface area contributed by atoms with E-state index in [9.17, 15) is 4.39 Å². The monoisotopic (exact) mass is 247 g/mol. The molecule has 0 fully saturated rings. The van der Waals surface area contributed by atoms with Gasteiger partial charge in [0.05, 0.1) is 13.3 Å². The van der Waals surface area contributed by atoms with Crippen LogP contribution < -0.4 is 10.1 Å². The van der Waals surface area contributed by atoms with Gasteiger partial charge in [0.1, 0.15) is 5.82 Å². The predicted octanol–water partition coefficient (Wildman–Crippen LogP) is 1.91. The van der Waals surface area contributed by atoms with Crippen LogP contribution in [-0.4, -0.2) is 17.1 Å². The number of rotatable bonds is 5. The summed E-state index contributed by atoms with van der Waals surface area (Å²) in [5.74, 6) is 0.274. The largest absolute Gasteiger partial charge is 0.481 e. The van der Waals surface area contributed by atoms with E-state index in [0.29, 0.717) is 19.0 Å². The zero-order chi connectivity index (χ0) is 12.8. The summed E-state index contributed by atoms with van der Waals surface area (Å²) >= 11 is 0. The summed E-state index contributed by atoms with van der Waals surface area (Å²) < 4.78 is 18.1. The molecular formula is C13H14FN3O.